The summed E-state index contributed by atoms with van der Waals surface area (Å²) in [5.41, 5.74) is 0. The molecule has 0 amide bonds. The van der Waals surface area contributed by atoms with E-state index in [-0.39, 0.29) is 11.9 Å². The van der Waals surface area contributed by atoms with Crippen molar-refractivity contribution in [2.45, 2.75) is 57.6 Å². The first-order chi connectivity index (χ1) is 6.72. The molecule has 0 saturated carbocycles. The molecule has 88 valence electrons. The van der Waals surface area contributed by atoms with Crippen molar-refractivity contribution in [3.8, 4) is 0 Å². The summed E-state index contributed by atoms with van der Waals surface area (Å²) in [5, 5.41) is 8.26. The highest BCUT2D eigenvalue weighted by Crippen LogP contribution is 2.03. The van der Waals surface area contributed by atoms with E-state index < -0.39 is 0 Å². The zero-order valence-corrected chi connectivity index (χ0v) is 11.4. The molecule has 0 aliphatic carbocycles. The molecule has 1 nitrogen and oxygen atoms in total. The summed E-state index contributed by atoms with van der Waals surface area (Å²) in [6.07, 6.45) is 8.49. The largest absolute Gasteiger partial charge is 0.395 e. The summed E-state index contributed by atoms with van der Waals surface area (Å²) in [6.45, 7) is 4.63. The van der Waals surface area contributed by atoms with E-state index >= 15 is 0 Å². The summed E-state index contributed by atoms with van der Waals surface area (Å²) >= 11 is 7.76. The Bertz CT molecular complexity index is 79.4. The maximum atomic E-state index is 8.21. The van der Waals surface area contributed by atoms with Crippen LogP contribution in [0, 0.1) is 0 Å². The molecular formula is C11H26OS2. The minimum atomic E-state index is 0.0494. The average molecular weight is 238 g/mol. The van der Waals surface area contributed by atoms with Crippen LogP contribution in [0.2, 0.25) is 0 Å². The van der Waals surface area contributed by atoms with Crippen LogP contribution in [0.15, 0.2) is 0 Å². The standard InChI is InChI=1S/C8H18.C3H8OS2/c1-3-5-7-8-6-4-2;4-1-3(6)2-5/h3-8H2,1-2H3;3-6H,1-2H2. The van der Waals surface area contributed by atoms with Gasteiger partial charge < -0.3 is 5.11 Å². The van der Waals surface area contributed by atoms with Crippen molar-refractivity contribution in [1.29, 1.82) is 0 Å². The van der Waals surface area contributed by atoms with Gasteiger partial charge in [0.2, 0.25) is 0 Å². The summed E-state index contributed by atoms with van der Waals surface area (Å²) in [7, 11) is 0. The van der Waals surface area contributed by atoms with E-state index in [9.17, 15) is 0 Å². The Labute approximate surface area is 100 Å². The molecule has 0 rings (SSSR count). The Balaban J connectivity index is 0. The molecule has 0 aliphatic rings. The maximum absolute atomic E-state index is 8.21. The van der Waals surface area contributed by atoms with Gasteiger partial charge in [-0.15, -0.1) is 0 Å². The first-order valence-electron chi connectivity index (χ1n) is 5.62. The summed E-state index contributed by atoms with van der Waals surface area (Å²) in [4.78, 5) is 0. The molecule has 3 heteroatoms. The summed E-state index contributed by atoms with van der Waals surface area (Å²) in [5.74, 6) is 0.639. The normalized spacial score (nSPS) is 11.8. The minimum absolute atomic E-state index is 0.0494. The van der Waals surface area contributed by atoms with E-state index in [1.54, 1.807) is 0 Å². The lowest BCUT2D eigenvalue weighted by molar-refractivity contribution is 0.302. The average Bonchev–Trinajstić information content (AvgIpc) is 2.24. The van der Waals surface area contributed by atoms with Crippen LogP contribution in [0.1, 0.15) is 52.4 Å². The van der Waals surface area contributed by atoms with Gasteiger partial charge in [-0.25, -0.2) is 0 Å². The molecule has 14 heavy (non-hydrogen) atoms. The number of aliphatic hydroxyl groups is 1. The molecule has 0 saturated heterocycles. The highest BCUT2D eigenvalue weighted by atomic mass is 32.1. The number of thiol groups is 2. The molecule has 0 aromatic rings. The Morgan fingerprint density at radius 2 is 1.43 bits per heavy atom. The molecule has 0 spiro atoms. The Morgan fingerprint density at radius 3 is 1.57 bits per heavy atom. The van der Waals surface area contributed by atoms with Crippen LogP contribution in [-0.2, 0) is 0 Å². The van der Waals surface area contributed by atoms with Gasteiger partial charge in [-0.3, -0.25) is 0 Å². The third-order valence-corrected chi connectivity index (χ3v) is 2.95. The molecule has 0 heterocycles. The lowest BCUT2D eigenvalue weighted by Crippen LogP contribution is -2.04. The van der Waals surface area contributed by atoms with Crippen LogP contribution >= 0.6 is 25.3 Å². The van der Waals surface area contributed by atoms with Crippen LogP contribution in [0.3, 0.4) is 0 Å². The highest BCUT2D eigenvalue weighted by molar-refractivity contribution is 7.84. The Morgan fingerprint density at radius 1 is 1.00 bits per heavy atom. The van der Waals surface area contributed by atoms with E-state index in [4.69, 9.17) is 5.11 Å². The maximum Gasteiger partial charge on any atom is 0.0555 e. The second-order valence-electron chi connectivity index (χ2n) is 3.43. The van der Waals surface area contributed by atoms with Crippen molar-refractivity contribution in [3.05, 3.63) is 0 Å². The van der Waals surface area contributed by atoms with Crippen LogP contribution in [0.25, 0.3) is 0 Å². The van der Waals surface area contributed by atoms with Gasteiger partial charge in [0.1, 0.15) is 0 Å². The minimum Gasteiger partial charge on any atom is -0.395 e. The van der Waals surface area contributed by atoms with E-state index in [0.29, 0.717) is 5.75 Å². The van der Waals surface area contributed by atoms with Crippen molar-refractivity contribution < 1.29 is 5.11 Å². The predicted molar refractivity (Wildman–Crippen MR) is 72.8 cm³/mol. The number of hydrogen-bond donors (Lipinski definition) is 3. The Hall–Kier alpha value is 0.660. The molecule has 0 aromatic heterocycles. The topological polar surface area (TPSA) is 20.2 Å². The molecular weight excluding hydrogens is 212 g/mol. The third kappa shape index (κ3) is 18.4. The quantitative estimate of drug-likeness (QED) is 0.457. The van der Waals surface area contributed by atoms with Crippen LogP contribution in [-0.4, -0.2) is 22.7 Å². The number of aliphatic hydroxyl groups excluding tert-OH is 1. The third-order valence-electron chi connectivity index (χ3n) is 1.88. The second-order valence-corrected chi connectivity index (χ2v) is 4.53. The zero-order valence-electron chi connectivity index (χ0n) is 9.58. The molecule has 1 unspecified atom stereocenters. The van der Waals surface area contributed by atoms with E-state index in [0.717, 1.165) is 0 Å². The molecule has 0 aliphatic heterocycles. The van der Waals surface area contributed by atoms with Crippen molar-refractivity contribution in [3.63, 3.8) is 0 Å². The van der Waals surface area contributed by atoms with E-state index in [2.05, 4.69) is 39.1 Å². The van der Waals surface area contributed by atoms with Gasteiger partial charge >= 0.3 is 0 Å². The second kappa shape index (κ2) is 16.1. The molecule has 0 radical (unpaired) electrons. The number of unbranched alkanes of at least 4 members (excludes halogenated alkanes) is 5. The summed E-state index contributed by atoms with van der Waals surface area (Å²) in [6, 6.07) is 0. The summed E-state index contributed by atoms with van der Waals surface area (Å²) < 4.78 is 0. The number of rotatable bonds is 7. The lowest BCUT2D eigenvalue weighted by atomic mass is 10.1. The van der Waals surface area contributed by atoms with E-state index in [1.165, 1.54) is 38.5 Å². The molecule has 0 aromatic carbocycles. The lowest BCUT2D eigenvalue weighted by Gasteiger charge is -1.96. The van der Waals surface area contributed by atoms with Crippen molar-refractivity contribution in [2.75, 3.05) is 12.4 Å². The predicted octanol–water partition coefficient (Wildman–Crippen LogP) is 3.57. The van der Waals surface area contributed by atoms with Gasteiger partial charge in [0.05, 0.1) is 6.61 Å². The molecule has 1 atom stereocenters. The Kier molecular flexibility index (Phi) is 19.6. The van der Waals surface area contributed by atoms with Crippen molar-refractivity contribution in [1.82, 2.24) is 0 Å². The zero-order chi connectivity index (χ0) is 11.2. The molecule has 1 N–H and O–H groups in total. The van der Waals surface area contributed by atoms with Crippen molar-refractivity contribution in [2.24, 2.45) is 0 Å². The van der Waals surface area contributed by atoms with Gasteiger partial charge in [0, 0.05) is 11.0 Å². The van der Waals surface area contributed by atoms with Crippen LogP contribution in [0.4, 0.5) is 0 Å². The fourth-order valence-corrected chi connectivity index (χ4v) is 1.03. The van der Waals surface area contributed by atoms with Gasteiger partial charge in [0.25, 0.3) is 0 Å². The van der Waals surface area contributed by atoms with Gasteiger partial charge in [-0.2, -0.15) is 25.3 Å². The van der Waals surface area contributed by atoms with Crippen LogP contribution < -0.4 is 0 Å². The van der Waals surface area contributed by atoms with Gasteiger partial charge in [-0.05, 0) is 0 Å². The van der Waals surface area contributed by atoms with Crippen molar-refractivity contribution >= 4 is 25.3 Å². The molecule has 0 bridgehead atoms. The SMILES string of the molecule is CCCCCCCC.OCC(S)CS. The highest BCUT2D eigenvalue weighted by Gasteiger charge is 1.92. The fourth-order valence-electron chi connectivity index (χ4n) is 0.911. The fraction of sp³-hybridized carbons (Fsp3) is 1.00. The first-order valence-corrected chi connectivity index (χ1v) is 6.77. The monoisotopic (exact) mass is 238 g/mol. The number of hydrogen-bond acceptors (Lipinski definition) is 3. The van der Waals surface area contributed by atoms with Gasteiger partial charge in [0.15, 0.2) is 0 Å². The molecule has 0 fully saturated rings. The van der Waals surface area contributed by atoms with Crippen LogP contribution in [0.5, 0.6) is 0 Å². The first kappa shape index (κ1) is 17.1. The smallest absolute Gasteiger partial charge is 0.0555 e. The van der Waals surface area contributed by atoms with Gasteiger partial charge in [-0.1, -0.05) is 52.4 Å². The van der Waals surface area contributed by atoms with E-state index in [1.807, 2.05) is 0 Å².